The van der Waals surface area contributed by atoms with Crippen molar-refractivity contribution in [2.45, 2.75) is 26.8 Å². The average Bonchev–Trinajstić information content (AvgIpc) is 3.10. The molecule has 5 nitrogen and oxygen atoms in total. The summed E-state index contributed by atoms with van der Waals surface area (Å²) in [6, 6.07) is 8.14. The average molecular weight is 474 g/mol. The van der Waals surface area contributed by atoms with Crippen LogP contribution in [0.25, 0.3) is 0 Å². The molecule has 2 N–H and O–H groups in total. The van der Waals surface area contributed by atoms with Gasteiger partial charge in [-0.3, -0.25) is 0 Å². The van der Waals surface area contributed by atoms with Crippen molar-refractivity contribution >= 4 is 41.3 Å². The van der Waals surface area contributed by atoms with Crippen LogP contribution in [-0.2, 0) is 13.0 Å². The first-order valence-electron chi connectivity index (χ1n) is 8.24. The fraction of sp³-hybridized carbons (Fsp3) is 0.444. The summed E-state index contributed by atoms with van der Waals surface area (Å²) in [4.78, 5) is 10.3. The number of methoxy groups -OCH3 is 1. The fourth-order valence-corrected chi connectivity index (χ4v) is 3.12. The van der Waals surface area contributed by atoms with Gasteiger partial charge in [-0.1, -0.05) is 19.1 Å². The zero-order valence-corrected chi connectivity index (χ0v) is 18.1. The van der Waals surface area contributed by atoms with Crippen molar-refractivity contribution in [2.24, 2.45) is 10.9 Å². The Hall–Kier alpha value is -1.35. The molecule has 0 aliphatic heterocycles. The molecule has 7 heteroatoms. The highest BCUT2D eigenvalue weighted by Crippen LogP contribution is 2.13. The minimum Gasteiger partial charge on any atom is -0.481 e. The van der Waals surface area contributed by atoms with Gasteiger partial charge >= 0.3 is 0 Å². The minimum absolute atomic E-state index is 0. The molecule has 0 aromatic carbocycles. The van der Waals surface area contributed by atoms with E-state index >= 15 is 0 Å². The Balaban J connectivity index is 0.00000312. The number of ether oxygens (including phenoxy) is 1. The van der Waals surface area contributed by atoms with E-state index in [0.29, 0.717) is 18.3 Å². The lowest BCUT2D eigenvalue weighted by molar-refractivity contribution is 0.397. The molecule has 1 unspecified atom stereocenters. The molecule has 0 radical (unpaired) electrons. The number of halogens is 1. The summed E-state index contributed by atoms with van der Waals surface area (Å²) in [5.74, 6) is 2.01. The third kappa shape index (κ3) is 8.04. The molecule has 138 valence electrons. The molecule has 1 atom stereocenters. The molecule has 0 fully saturated rings. The number of nitrogens with one attached hydrogen (secondary N) is 2. The molecular formula is C18H27IN4OS. The number of hydrogen-bond donors (Lipinski definition) is 2. The van der Waals surface area contributed by atoms with E-state index in [-0.39, 0.29) is 24.0 Å². The number of hydrogen-bond acceptors (Lipinski definition) is 4. The number of thiophene rings is 1. The number of pyridine rings is 1. The van der Waals surface area contributed by atoms with Crippen molar-refractivity contribution in [3.05, 3.63) is 46.3 Å². The molecule has 0 bridgehead atoms. The lowest BCUT2D eigenvalue weighted by Gasteiger charge is -2.15. The Kier molecular flexibility index (Phi) is 10.5. The number of aromatic nitrogens is 1. The van der Waals surface area contributed by atoms with E-state index in [2.05, 4.69) is 52.0 Å². The van der Waals surface area contributed by atoms with Crippen LogP contribution in [-0.4, -0.2) is 31.1 Å². The zero-order valence-electron chi connectivity index (χ0n) is 15.0. The van der Waals surface area contributed by atoms with Crippen molar-refractivity contribution in [2.75, 3.05) is 20.2 Å². The molecule has 2 aromatic rings. The van der Waals surface area contributed by atoms with E-state index in [0.717, 1.165) is 31.0 Å². The van der Waals surface area contributed by atoms with E-state index in [1.54, 1.807) is 13.3 Å². The van der Waals surface area contributed by atoms with E-state index in [4.69, 9.17) is 4.74 Å². The molecule has 0 aliphatic carbocycles. The molecule has 0 spiro atoms. The maximum Gasteiger partial charge on any atom is 0.212 e. The van der Waals surface area contributed by atoms with Gasteiger partial charge in [-0.15, -0.1) is 35.3 Å². The van der Waals surface area contributed by atoms with Crippen LogP contribution in [0.3, 0.4) is 0 Å². The lowest BCUT2D eigenvalue weighted by atomic mass is 10.1. The van der Waals surface area contributed by atoms with E-state index in [1.165, 1.54) is 4.88 Å². The second-order valence-electron chi connectivity index (χ2n) is 5.67. The van der Waals surface area contributed by atoms with E-state index in [1.807, 2.05) is 23.5 Å². The normalized spacial score (nSPS) is 12.2. The van der Waals surface area contributed by atoms with Gasteiger partial charge in [0.25, 0.3) is 0 Å². The van der Waals surface area contributed by atoms with E-state index < -0.39 is 0 Å². The van der Waals surface area contributed by atoms with Gasteiger partial charge in [0.05, 0.1) is 13.7 Å². The third-order valence-electron chi connectivity index (χ3n) is 3.52. The second-order valence-corrected chi connectivity index (χ2v) is 6.71. The van der Waals surface area contributed by atoms with Crippen LogP contribution in [0, 0.1) is 5.92 Å². The highest BCUT2D eigenvalue weighted by molar-refractivity contribution is 14.0. The maximum absolute atomic E-state index is 5.07. The monoisotopic (exact) mass is 474 g/mol. The topological polar surface area (TPSA) is 58.5 Å². The van der Waals surface area contributed by atoms with Crippen LogP contribution < -0.4 is 15.4 Å². The molecule has 25 heavy (non-hydrogen) atoms. The van der Waals surface area contributed by atoms with Crippen molar-refractivity contribution in [1.29, 1.82) is 0 Å². The summed E-state index contributed by atoms with van der Waals surface area (Å²) >= 11 is 1.82. The van der Waals surface area contributed by atoms with Gasteiger partial charge in [0.2, 0.25) is 5.88 Å². The fourth-order valence-electron chi connectivity index (χ4n) is 2.25. The Morgan fingerprint density at radius 3 is 2.76 bits per heavy atom. The molecule has 2 heterocycles. The van der Waals surface area contributed by atoms with Gasteiger partial charge in [0.1, 0.15) is 0 Å². The highest BCUT2D eigenvalue weighted by atomic mass is 127. The first kappa shape index (κ1) is 21.7. The van der Waals surface area contributed by atoms with Crippen LogP contribution in [0.4, 0.5) is 0 Å². The summed E-state index contributed by atoms with van der Waals surface area (Å²) < 4.78 is 5.07. The van der Waals surface area contributed by atoms with Crippen LogP contribution in [0.5, 0.6) is 5.88 Å². The van der Waals surface area contributed by atoms with Crippen molar-refractivity contribution in [1.82, 2.24) is 15.6 Å². The van der Waals surface area contributed by atoms with Crippen LogP contribution in [0.1, 0.15) is 24.3 Å². The van der Waals surface area contributed by atoms with Crippen LogP contribution in [0.2, 0.25) is 0 Å². The van der Waals surface area contributed by atoms with Crippen molar-refractivity contribution in [3.63, 3.8) is 0 Å². The SMILES string of the molecule is CCNC(=NCc1ccc(OC)nc1)NCC(C)Cc1cccs1.I. The molecule has 0 saturated heterocycles. The molecule has 2 rings (SSSR count). The molecule has 0 amide bonds. The quantitative estimate of drug-likeness (QED) is 0.348. The summed E-state index contributed by atoms with van der Waals surface area (Å²) in [6.45, 7) is 6.65. The van der Waals surface area contributed by atoms with Crippen molar-refractivity contribution in [3.8, 4) is 5.88 Å². The summed E-state index contributed by atoms with van der Waals surface area (Å²) in [5.41, 5.74) is 1.06. The van der Waals surface area contributed by atoms with Gasteiger partial charge in [-0.25, -0.2) is 9.98 Å². The maximum atomic E-state index is 5.07. The van der Waals surface area contributed by atoms with Crippen LogP contribution >= 0.6 is 35.3 Å². The molecule has 2 aromatic heterocycles. The number of guanidine groups is 1. The summed E-state index contributed by atoms with van der Waals surface area (Å²) in [6.07, 6.45) is 2.89. The highest BCUT2D eigenvalue weighted by Gasteiger charge is 2.06. The Labute approximate surface area is 171 Å². The minimum atomic E-state index is 0. The second kappa shape index (κ2) is 12.1. The molecule has 0 aliphatic rings. The number of rotatable bonds is 8. The Morgan fingerprint density at radius 2 is 2.16 bits per heavy atom. The predicted octanol–water partition coefficient (Wildman–Crippen LogP) is 3.70. The van der Waals surface area contributed by atoms with Crippen LogP contribution in [0.15, 0.2) is 40.8 Å². The Morgan fingerprint density at radius 1 is 1.32 bits per heavy atom. The smallest absolute Gasteiger partial charge is 0.212 e. The zero-order chi connectivity index (χ0) is 17.2. The van der Waals surface area contributed by atoms with Gasteiger partial charge in [0.15, 0.2) is 5.96 Å². The Bertz CT molecular complexity index is 617. The predicted molar refractivity (Wildman–Crippen MR) is 116 cm³/mol. The van der Waals surface area contributed by atoms with Crippen molar-refractivity contribution < 1.29 is 4.74 Å². The molecular weight excluding hydrogens is 447 g/mol. The number of aliphatic imine (C=N–C) groups is 1. The first-order chi connectivity index (χ1) is 11.7. The van der Waals surface area contributed by atoms with Gasteiger partial charge in [0, 0.05) is 30.2 Å². The summed E-state index contributed by atoms with van der Waals surface area (Å²) in [7, 11) is 1.62. The first-order valence-corrected chi connectivity index (χ1v) is 9.12. The largest absolute Gasteiger partial charge is 0.481 e. The summed E-state index contributed by atoms with van der Waals surface area (Å²) in [5, 5.41) is 8.84. The van der Waals surface area contributed by atoms with E-state index in [9.17, 15) is 0 Å². The van der Waals surface area contributed by atoms with Gasteiger partial charge in [-0.05, 0) is 36.3 Å². The lowest BCUT2D eigenvalue weighted by Crippen LogP contribution is -2.39. The third-order valence-corrected chi connectivity index (χ3v) is 4.42. The molecule has 0 saturated carbocycles. The van der Waals surface area contributed by atoms with Gasteiger partial charge in [-0.2, -0.15) is 0 Å². The van der Waals surface area contributed by atoms with Gasteiger partial charge < -0.3 is 15.4 Å². The standard InChI is InChI=1S/C18H26N4OS.HI/c1-4-19-18(21-11-14(2)10-16-6-5-9-24-16)22-13-15-7-8-17(23-3)20-12-15;/h5-9,12,14H,4,10-11,13H2,1-3H3,(H2,19,21,22);1H. The number of nitrogens with zero attached hydrogens (tertiary/aromatic N) is 2.